The number of rotatable bonds is 4. The van der Waals surface area contributed by atoms with E-state index < -0.39 is 0 Å². The van der Waals surface area contributed by atoms with Gasteiger partial charge < -0.3 is 15.2 Å². The molecule has 1 aliphatic heterocycles. The van der Waals surface area contributed by atoms with Crippen LogP contribution < -0.4 is 5.73 Å². The van der Waals surface area contributed by atoms with Crippen LogP contribution in [0.1, 0.15) is 18.5 Å². The number of hydrogen-bond acceptors (Lipinski definition) is 5. The van der Waals surface area contributed by atoms with Gasteiger partial charge in [-0.1, -0.05) is 5.21 Å². The maximum absolute atomic E-state index is 5.85. The summed E-state index contributed by atoms with van der Waals surface area (Å²) in [5, 5.41) is 7.82. The highest BCUT2D eigenvalue weighted by atomic mass is 16.5. The summed E-state index contributed by atoms with van der Waals surface area (Å²) in [6.45, 7) is 2.29. The third kappa shape index (κ3) is 2.58. The van der Waals surface area contributed by atoms with Crippen molar-refractivity contribution < 1.29 is 9.47 Å². The topological polar surface area (TPSA) is 75.2 Å². The van der Waals surface area contributed by atoms with Crippen molar-refractivity contribution in [3.05, 3.63) is 11.9 Å². The zero-order chi connectivity index (χ0) is 11.4. The first kappa shape index (κ1) is 11.5. The monoisotopic (exact) mass is 226 g/mol. The van der Waals surface area contributed by atoms with Crippen molar-refractivity contribution in [2.45, 2.75) is 25.0 Å². The number of aryl methyl sites for hydroxylation is 1. The molecule has 1 saturated heterocycles. The maximum atomic E-state index is 5.85. The quantitative estimate of drug-likeness (QED) is 0.772. The highest BCUT2D eigenvalue weighted by Gasteiger charge is 2.32. The lowest BCUT2D eigenvalue weighted by atomic mass is 9.96. The molecule has 6 nitrogen and oxygen atoms in total. The van der Waals surface area contributed by atoms with Crippen molar-refractivity contribution in [1.29, 1.82) is 0 Å². The Bertz CT molecular complexity index is 333. The second-order valence-corrected chi connectivity index (χ2v) is 4.22. The van der Waals surface area contributed by atoms with Gasteiger partial charge in [0.05, 0.1) is 19.4 Å². The second-order valence-electron chi connectivity index (χ2n) is 4.22. The van der Waals surface area contributed by atoms with E-state index in [4.69, 9.17) is 15.2 Å². The van der Waals surface area contributed by atoms with Crippen LogP contribution in [0.3, 0.4) is 0 Å². The first-order chi connectivity index (χ1) is 7.74. The minimum atomic E-state index is -0.338. The minimum absolute atomic E-state index is 0.338. The zero-order valence-electron chi connectivity index (χ0n) is 9.56. The molecule has 2 rings (SSSR count). The molecule has 1 atom stereocenters. The Morgan fingerprint density at radius 2 is 2.56 bits per heavy atom. The van der Waals surface area contributed by atoms with Crippen molar-refractivity contribution in [3.63, 3.8) is 0 Å². The lowest BCUT2D eigenvalue weighted by molar-refractivity contribution is -0.130. The molecule has 2 N–H and O–H groups in total. The largest absolute Gasteiger partial charge is 0.378 e. The van der Waals surface area contributed by atoms with Gasteiger partial charge in [-0.05, 0) is 12.8 Å². The van der Waals surface area contributed by atoms with E-state index in [1.807, 2.05) is 13.2 Å². The van der Waals surface area contributed by atoms with E-state index in [0.29, 0.717) is 19.8 Å². The predicted molar refractivity (Wildman–Crippen MR) is 57.6 cm³/mol. The van der Waals surface area contributed by atoms with Gasteiger partial charge in [0, 0.05) is 20.2 Å². The highest BCUT2D eigenvalue weighted by Crippen LogP contribution is 2.23. The lowest BCUT2D eigenvalue weighted by Crippen LogP contribution is -2.47. The van der Waals surface area contributed by atoms with Gasteiger partial charge in [0.15, 0.2) is 0 Å². The van der Waals surface area contributed by atoms with Crippen LogP contribution in [-0.2, 0) is 23.1 Å². The van der Waals surface area contributed by atoms with E-state index in [2.05, 4.69) is 10.3 Å². The number of nitrogens with zero attached hydrogens (tertiary/aromatic N) is 3. The minimum Gasteiger partial charge on any atom is -0.378 e. The average Bonchev–Trinajstić information content (AvgIpc) is 2.74. The van der Waals surface area contributed by atoms with Crippen LogP contribution in [0, 0.1) is 0 Å². The molecule has 0 saturated carbocycles. The Kier molecular flexibility index (Phi) is 3.52. The molecule has 1 unspecified atom stereocenters. The molecule has 1 aromatic heterocycles. The van der Waals surface area contributed by atoms with Gasteiger partial charge in [0.2, 0.25) is 0 Å². The smallest absolute Gasteiger partial charge is 0.108 e. The molecule has 1 fully saturated rings. The van der Waals surface area contributed by atoms with Gasteiger partial charge in [0.1, 0.15) is 11.3 Å². The molecule has 1 aromatic rings. The molecule has 16 heavy (non-hydrogen) atoms. The fraction of sp³-hybridized carbons (Fsp3) is 0.800. The molecule has 1 aliphatic rings. The molecule has 0 amide bonds. The lowest BCUT2D eigenvalue weighted by Gasteiger charge is -2.35. The van der Waals surface area contributed by atoms with Crippen molar-refractivity contribution >= 4 is 0 Å². The van der Waals surface area contributed by atoms with Crippen LogP contribution in [-0.4, -0.2) is 40.4 Å². The molecule has 0 aromatic carbocycles. The van der Waals surface area contributed by atoms with Crippen molar-refractivity contribution in [1.82, 2.24) is 15.0 Å². The van der Waals surface area contributed by atoms with E-state index >= 15 is 0 Å². The SMILES string of the molecule is Cn1cc(COC2(CN)CCCOC2)nn1. The summed E-state index contributed by atoms with van der Waals surface area (Å²) in [6, 6.07) is 0. The molecular weight excluding hydrogens is 208 g/mol. The van der Waals surface area contributed by atoms with E-state index in [9.17, 15) is 0 Å². The second kappa shape index (κ2) is 4.90. The maximum Gasteiger partial charge on any atom is 0.108 e. The van der Waals surface area contributed by atoms with Gasteiger partial charge in [-0.2, -0.15) is 0 Å². The summed E-state index contributed by atoms with van der Waals surface area (Å²) < 4.78 is 12.9. The standard InChI is InChI=1S/C10H18N4O2/c1-14-5-9(12-13-14)6-16-10(7-11)3-2-4-15-8-10/h5H,2-4,6-8,11H2,1H3. The van der Waals surface area contributed by atoms with Gasteiger partial charge in [-0.3, -0.25) is 4.68 Å². The van der Waals surface area contributed by atoms with Crippen LogP contribution >= 0.6 is 0 Å². The summed E-state index contributed by atoms with van der Waals surface area (Å²) in [5.74, 6) is 0. The Hall–Kier alpha value is -0.980. The molecule has 0 bridgehead atoms. The Labute approximate surface area is 94.7 Å². The number of hydrogen-bond donors (Lipinski definition) is 1. The van der Waals surface area contributed by atoms with Gasteiger partial charge in [-0.15, -0.1) is 5.10 Å². The molecule has 0 radical (unpaired) electrons. The summed E-state index contributed by atoms with van der Waals surface area (Å²) in [6.07, 6.45) is 3.79. The van der Waals surface area contributed by atoms with Crippen LogP contribution in [0.2, 0.25) is 0 Å². The van der Waals surface area contributed by atoms with Crippen molar-refractivity contribution in [3.8, 4) is 0 Å². The summed E-state index contributed by atoms with van der Waals surface area (Å²) >= 11 is 0. The molecule has 0 spiro atoms. The fourth-order valence-electron chi connectivity index (χ4n) is 1.85. The predicted octanol–water partition coefficient (Wildman–Crippen LogP) is -0.160. The zero-order valence-corrected chi connectivity index (χ0v) is 9.56. The summed E-state index contributed by atoms with van der Waals surface area (Å²) in [5.41, 5.74) is 6.24. The highest BCUT2D eigenvalue weighted by molar-refractivity contribution is 4.92. The van der Waals surface area contributed by atoms with Crippen LogP contribution in [0.5, 0.6) is 0 Å². The van der Waals surface area contributed by atoms with E-state index in [0.717, 1.165) is 25.1 Å². The molecule has 6 heteroatoms. The van der Waals surface area contributed by atoms with E-state index in [-0.39, 0.29) is 5.60 Å². The number of ether oxygens (including phenoxy) is 2. The van der Waals surface area contributed by atoms with Crippen LogP contribution in [0.4, 0.5) is 0 Å². The van der Waals surface area contributed by atoms with E-state index in [1.165, 1.54) is 0 Å². The third-order valence-corrected chi connectivity index (χ3v) is 2.83. The van der Waals surface area contributed by atoms with Crippen molar-refractivity contribution in [2.75, 3.05) is 19.8 Å². The number of nitrogens with two attached hydrogens (primary N) is 1. The Morgan fingerprint density at radius 3 is 3.12 bits per heavy atom. The first-order valence-electron chi connectivity index (χ1n) is 5.51. The Balaban J connectivity index is 1.91. The van der Waals surface area contributed by atoms with Crippen LogP contribution in [0.15, 0.2) is 6.20 Å². The normalized spacial score (nSPS) is 25.9. The van der Waals surface area contributed by atoms with Gasteiger partial charge in [-0.25, -0.2) is 0 Å². The first-order valence-corrected chi connectivity index (χ1v) is 5.51. The third-order valence-electron chi connectivity index (χ3n) is 2.83. The Morgan fingerprint density at radius 1 is 1.69 bits per heavy atom. The van der Waals surface area contributed by atoms with Gasteiger partial charge in [0.25, 0.3) is 0 Å². The molecule has 0 aliphatic carbocycles. The van der Waals surface area contributed by atoms with Crippen LogP contribution in [0.25, 0.3) is 0 Å². The van der Waals surface area contributed by atoms with Gasteiger partial charge >= 0.3 is 0 Å². The summed E-state index contributed by atoms with van der Waals surface area (Å²) in [7, 11) is 1.83. The van der Waals surface area contributed by atoms with E-state index in [1.54, 1.807) is 4.68 Å². The molecular formula is C10H18N4O2. The number of aromatic nitrogens is 3. The molecule has 90 valence electrons. The average molecular weight is 226 g/mol. The molecule has 2 heterocycles. The van der Waals surface area contributed by atoms with Crippen molar-refractivity contribution in [2.24, 2.45) is 12.8 Å². The fourth-order valence-corrected chi connectivity index (χ4v) is 1.85. The summed E-state index contributed by atoms with van der Waals surface area (Å²) in [4.78, 5) is 0.